The van der Waals surface area contributed by atoms with E-state index in [4.69, 9.17) is 27.2 Å². The van der Waals surface area contributed by atoms with Crippen LogP contribution < -0.4 is 11.3 Å². The number of fused-ring (bicyclic) bond motifs is 1. The summed E-state index contributed by atoms with van der Waals surface area (Å²) in [4.78, 5) is 27.7. The lowest BCUT2D eigenvalue weighted by atomic mass is 10.1. The zero-order chi connectivity index (χ0) is 20.9. The SMILES string of the molecule is NC1CCN(CCn2c(=O)ccc3ccc(Cl)nc32)CC1.O=C(O)C(F)(F)F. The number of hydrogen-bond acceptors (Lipinski definition) is 5. The van der Waals surface area contributed by atoms with Gasteiger partial charge in [0.2, 0.25) is 0 Å². The molecule has 2 aromatic heterocycles. The maximum atomic E-state index is 12.1. The first kappa shape index (κ1) is 22.1. The van der Waals surface area contributed by atoms with Crippen LogP contribution >= 0.6 is 11.6 Å². The van der Waals surface area contributed by atoms with Gasteiger partial charge >= 0.3 is 12.1 Å². The third kappa shape index (κ3) is 6.18. The molecule has 28 heavy (non-hydrogen) atoms. The lowest BCUT2D eigenvalue weighted by Crippen LogP contribution is -2.41. The molecule has 0 radical (unpaired) electrons. The topological polar surface area (TPSA) is 101 Å². The van der Waals surface area contributed by atoms with Gasteiger partial charge < -0.3 is 15.7 Å². The first-order chi connectivity index (χ1) is 13.1. The molecule has 3 heterocycles. The smallest absolute Gasteiger partial charge is 0.475 e. The Morgan fingerprint density at radius 2 is 1.79 bits per heavy atom. The van der Waals surface area contributed by atoms with Crippen molar-refractivity contribution in [1.29, 1.82) is 0 Å². The predicted octanol–water partition coefficient (Wildman–Crippen LogP) is 2.11. The fourth-order valence-electron chi connectivity index (χ4n) is 2.77. The molecule has 1 aliphatic rings. The van der Waals surface area contributed by atoms with Crippen molar-refractivity contribution in [1.82, 2.24) is 14.5 Å². The van der Waals surface area contributed by atoms with Gasteiger partial charge in [0.1, 0.15) is 10.8 Å². The highest BCUT2D eigenvalue weighted by Gasteiger charge is 2.38. The number of piperidine rings is 1. The molecule has 11 heteroatoms. The second-order valence-corrected chi connectivity index (χ2v) is 6.74. The van der Waals surface area contributed by atoms with Crippen LogP contribution in [-0.2, 0) is 11.3 Å². The van der Waals surface area contributed by atoms with Gasteiger partial charge in [-0.15, -0.1) is 0 Å². The minimum absolute atomic E-state index is 0.0361. The first-order valence-corrected chi connectivity index (χ1v) is 8.90. The molecule has 1 fully saturated rings. The van der Waals surface area contributed by atoms with Gasteiger partial charge in [0.05, 0.1) is 0 Å². The van der Waals surface area contributed by atoms with Crippen LogP contribution in [-0.4, -0.2) is 57.4 Å². The summed E-state index contributed by atoms with van der Waals surface area (Å²) in [6.45, 7) is 3.45. The quantitative estimate of drug-likeness (QED) is 0.737. The van der Waals surface area contributed by atoms with E-state index in [0.29, 0.717) is 23.4 Å². The van der Waals surface area contributed by atoms with Crippen LogP contribution in [0.5, 0.6) is 0 Å². The Bertz CT molecular complexity index is 880. The van der Waals surface area contributed by atoms with Crippen LogP contribution in [0, 0.1) is 0 Å². The van der Waals surface area contributed by atoms with Crippen molar-refractivity contribution >= 4 is 28.6 Å². The summed E-state index contributed by atoms with van der Waals surface area (Å²) in [6.07, 6.45) is -3.04. The average Bonchev–Trinajstić information content (AvgIpc) is 2.62. The Balaban J connectivity index is 0.000000345. The van der Waals surface area contributed by atoms with Gasteiger partial charge in [-0.1, -0.05) is 11.6 Å². The molecule has 2 aromatic rings. The van der Waals surface area contributed by atoms with Crippen molar-refractivity contribution in [2.24, 2.45) is 5.73 Å². The van der Waals surface area contributed by atoms with Crippen LogP contribution in [0.4, 0.5) is 13.2 Å². The standard InChI is InChI=1S/C15H19ClN4O.C2HF3O2/c16-13-3-1-11-2-4-14(21)20(15(11)18-13)10-9-19-7-5-12(17)6-8-19;3-2(4,5)1(6)7/h1-4,12H,5-10,17H2;(H,6,7). The number of aliphatic carboxylic acids is 1. The Hall–Kier alpha value is -2.17. The van der Waals surface area contributed by atoms with Gasteiger partial charge in [-0.25, -0.2) is 9.78 Å². The Morgan fingerprint density at radius 1 is 1.21 bits per heavy atom. The minimum Gasteiger partial charge on any atom is -0.475 e. The van der Waals surface area contributed by atoms with E-state index in [-0.39, 0.29) is 5.56 Å². The van der Waals surface area contributed by atoms with Crippen LogP contribution in [0.2, 0.25) is 5.15 Å². The van der Waals surface area contributed by atoms with Gasteiger partial charge in [-0.05, 0) is 44.1 Å². The number of halogens is 4. The van der Waals surface area contributed by atoms with Gasteiger partial charge in [-0.2, -0.15) is 13.2 Å². The van der Waals surface area contributed by atoms with Crippen molar-refractivity contribution in [2.75, 3.05) is 19.6 Å². The summed E-state index contributed by atoms with van der Waals surface area (Å²) in [5, 5.41) is 8.46. The van der Waals surface area contributed by atoms with Crippen molar-refractivity contribution in [3.8, 4) is 0 Å². The highest BCUT2D eigenvalue weighted by molar-refractivity contribution is 6.29. The Labute approximate surface area is 163 Å². The minimum atomic E-state index is -5.08. The normalized spacial score (nSPS) is 15.9. The molecule has 0 spiro atoms. The summed E-state index contributed by atoms with van der Waals surface area (Å²) < 4.78 is 33.4. The molecular weight excluding hydrogens is 401 g/mol. The summed E-state index contributed by atoms with van der Waals surface area (Å²) >= 11 is 5.96. The summed E-state index contributed by atoms with van der Waals surface area (Å²) in [5.74, 6) is -2.76. The molecule has 0 unspecified atom stereocenters. The summed E-state index contributed by atoms with van der Waals surface area (Å²) in [7, 11) is 0. The number of nitrogens with two attached hydrogens (primary N) is 1. The number of hydrogen-bond donors (Lipinski definition) is 2. The third-order valence-electron chi connectivity index (χ3n) is 4.31. The van der Waals surface area contributed by atoms with Gasteiger partial charge in [0, 0.05) is 30.6 Å². The van der Waals surface area contributed by atoms with Crippen LogP contribution in [0.1, 0.15) is 12.8 Å². The molecular formula is C17H20ClF3N4O3. The highest BCUT2D eigenvalue weighted by Crippen LogP contribution is 2.14. The van der Waals surface area contributed by atoms with Crippen molar-refractivity contribution < 1.29 is 23.1 Å². The van der Waals surface area contributed by atoms with E-state index in [1.54, 1.807) is 22.8 Å². The van der Waals surface area contributed by atoms with Gasteiger partial charge in [0.15, 0.2) is 0 Å². The van der Waals surface area contributed by atoms with Crippen LogP contribution in [0.3, 0.4) is 0 Å². The zero-order valence-corrected chi connectivity index (χ0v) is 15.6. The second-order valence-electron chi connectivity index (χ2n) is 6.35. The van der Waals surface area contributed by atoms with E-state index in [2.05, 4.69) is 9.88 Å². The van der Waals surface area contributed by atoms with Gasteiger partial charge in [0.25, 0.3) is 5.56 Å². The third-order valence-corrected chi connectivity index (χ3v) is 4.52. The van der Waals surface area contributed by atoms with Crippen molar-refractivity contribution in [2.45, 2.75) is 31.6 Å². The first-order valence-electron chi connectivity index (χ1n) is 8.52. The van der Waals surface area contributed by atoms with E-state index in [9.17, 15) is 18.0 Å². The molecule has 154 valence electrons. The fraction of sp³-hybridized carbons (Fsp3) is 0.471. The van der Waals surface area contributed by atoms with E-state index < -0.39 is 12.1 Å². The van der Waals surface area contributed by atoms with Crippen molar-refractivity contribution in [3.63, 3.8) is 0 Å². The van der Waals surface area contributed by atoms with Crippen LogP contribution in [0.15, 0.2) is 29.1 Å². The lowest BCUT2D eigenvalue weighted by Gasteiger charge is -2.30. The molecule has 7 nitrogen and oxygen atoms in total. The monoisotopic (exact) mass is 420 g/mol. The summed E-state index contributed by atoms with van der Waals surface area (Å²) in [6, 6.07) is 7.33. The molecule has 1 saturated heterocycles. The lowest BCUT2D eigenvalue weighted by molar-refractivity contribution is -0.192. The highest BCUT2D eigenvalue weighted by atomic mass is 35.5. The number of likely N-dealkylation sites (tertiary alicyclic amines) is 1. The number of rotatable bonds is 3. The number of nitrogens with zero attached hydrogens (tertiary/aromatic N) is 3. The number of aromatic nitrogens is 2. The van der Waals surface area contributed by atoms with E-state index in [1.807, 2.05) is 6.07 Å². The van der Waals surface area contributed by atoms with Gasteiger partial charge in [-0.3, -0.25) is 9.36 Å². The fourth-order valence-corrected chi connectivity index (χ4v) is 2.91. The molecule has 0 atom stereocenters. The zero-order valence-electron chi connectivity index (χ0n) is 14.8. The van der Waals surface area contributed by atoms with E-state index >= 15 is 0 Å². The molecule has 0 bridgehead atoms. The Morgan fingerprint density at radius 3 is 2.36 bits per heavy atom. The molecule has 0 aromatic carbocycles. The van der Waals surface area contributed by atoms with E-state index in [1.165, 1.54) is 0 Å². The summed E-state index contributed by atoms with van der Waals surface area (Å²) in [5.41, 5.74) is 6.53. The average molecular weight is 421 g/mol. The molecule has 0 amide bonds. The predicted molar refractivity (Wildman–Crippen MR) is 98.4 cm³/mol. The maximum absolute atomic E-state index is 12.1. The van der Waals surface area contributed by atoms with E-state index in [0.717, 1.165) is 37.9 Å². The number of pyridine rings is 2. The molecule has 0 aliphatic carbocycles. The number of carboxylic acid groups (broad SMARTS) is 1. The maximum Gasteiger partial charge on any atom is 0.490 e. The number of carboxylic acids is 1. The second kappa shape index (κ2) is 9.35. The van der Waals surface area contributed by atoms with Crippen molar-refractivity contribution in [3.05, 3.63) is 39.8 Å². The molecule has 1 aliphatic heterocycles. The Kier molecular flexibility index (Phi) is 7.39. The molecule has 0 saturated carbocycles. The molecule has 3 N–H and O–H groups in total. The number of carbonyl (C=O) groups is 1. The van der Waals surface area contributed by atoms with Crippen LogP contribution in [0.25, 0.3) is 11.0 Å². The largest absolute Gasteiger partial charge is 0.490 e. The number of alkyl halides is 3. The molecule has 3 rings (SSSR count).